The van der Waals surface area contributed by atoms with Gasteiger partial charge in [-0.1, -0.05) is 157 Å². The summed E-state index contributed by atoms with van der Waals surface area (Å²) in [4.78, 5) is 52.7. The molecule has 8 nitrogen and oxygen atoms in total. The first-order valence-electron chi connectivity index (χ1n) is 25.7. The Morgan fingerprint density at radius 2 is 0.653 bits per heavy atom. The van der Waals surface area contributed by atoms with Gasteiger partial charge in [-0.05, 0) is 157 Å². The largest absolute Gasteiger partial charge is 0.423 e. The van der Waals surface area contributed by atoms with E-state index in [1.165, 1.54) is 106 Å². The summed E-state index contributed by atoms with van der Waals surface area (Å²) < 4.78 is 22.7. The van der Waals surface area contributed by atoms with Gasteiger partial charge in [-0.15, -0.1) is 0 Å². The zero-order chi connectivity index (χ0) is 50.7. The molecule has 0 unspecified atom stereocenters. The summed E-state index contributed by atoms with van der Waals surface area (Å²) in [5, 5.41) is 0. The number of unbranched alkanes of at least 4 members (excludes halogenated alkanes) is 10. The van der Waals surface area contributed by atoms with Crippen LogP contribution in [0.15, 0.2) is 158 Å². The number of benzene rings is 7. The van der Waals surface area contributed by atoms with Crippen molar-refractivity contribution in [1.82, 2.24) is 0 Å². The van der Waals surface area contributed by atoms with Crippen LogP contribution < -0.4 is 18.9 Å². The molecular weight excluding hydrogens is 897 g/mol. The minimum Gasteiger partial charge on any atom is -0.423 e. The summed E-state index contributed by atoms with van der Waals surface area (Å²) in [5.41, 5.74) is 9.29. The Labute approximate surface area is 425 Å². The van der Waals surface area contributed by atoms with Crippen molar-refractivity contribution in [2.45, 2.75) is 118 Å². The van der Waals surface area contributed by atoms with Crippen LogP contribution in [0.5, 0.6) is 23.0 Å². The normalized spacial score (nSPS) is 10.9. The minimum absolute atomic E-state index is 0.161. The number of hydrogen-bond donors (Lipinski definition) is 0. The van der Waals surface area contributed by atoms with Gasteiger partial charge in [-0.3, -0.25) is 0 Å². The Morgan fingerprint density at radius 3 is 1.01 bits per heavy atom. The molecule has 0 atom stereocenters. The molecule has 0 spiro atoms. The van der Waals surface area contributed by atoms with Crippen LogP contribution in [0.2, 0.25) is 0 Å². The Balaban J connectivity index is 0.864. The predicted octanol–water partition coefficient (Wildman–Crippen LogP) is 16.3. The van der Waals surface area contributed by atoms with E-state index in [4.69, 9.17) is 18.9 Å². The third-order valence-corrected chi connectivity index (χ3v) is 12.9. The van der Waals surface area contributed by atoms with Gasteiger partial charge in [0.2, 0.25) is 0 Å². The lowest BCUT2D eigenvalue weighted by molar-refractivity contribution is 0.0722. The topological polar surface area (TPSA) is 105 Å². The molecule has 0 aliphatic carbocycles. The van der Waals surface area contributed by atoms with Gasteiger partial charge in [0.15, 0.2) is 0 Å². The SMILES string of the molecule is CCCCCCCCc1ccc(-c2ccc(C(=O)Oc3ccc(C(=O)Oc4cccc(OC(=O)c5ccc(OC(=O)c6ccc(-c7ccc(CCCCCCCC)cc7)cc6)c(C)c5)c4)cc3C)cc2)cc1. The van der Waals surface area contributed by atoms with Crippen molar-refractivity contribution < 1.29 is 38.1 Å². The summed E-state index contributed by atoms with van der Waals surface area (Å²) in [7, 11) is 0. The molecule has 0 radical (unpaired) electrons. The summed E-state index contributed by atoms with van der Waals surface area (Å²) in [6.45, 7) is 7.96. The van der Waals surface area contributed by atoms with E-state index in [1.807, 2.05) is 24.3 Å². The third kappa shape index (κ3) is 15.2. The first-order chi connectivity index (χ1) is 35.1. The van der Waals surface area contributed by atoms with Crippen LogP contribution in [-0.4, -0.2) is 23.9 Å². The van der Waals surface area contributed by atoms with Gasteiger partial charge in [0.05, 0.1) is 22.3 Å². The quantitative estimate of drug-likeness (QED) is 0.0335. The molecule has 0 heterocycles. The minimum atomic E-state index is -0.647. The molecule has 0 aromatic heterocycles. The van der Waals surface area contributed by atoms with Gasteiger partial charge < -0.3 is 18.9 Å². The van der Waals surface area contributed by atoms with E-state index in [1.54, 1.807) is 80.6 Å². The Morgan fingerprint density at radius 1 is 0.333 bits per heavy atom. The number of esters is 4. The van der Waals surface area contributed by atoms with E-state index < -0.39 is 23.9 Å². The van der Waals surface area contributed by atoms with Crippen molar-refractivity contribution in [2.75, 3.05) is 0 Å². The van der Waals surface area contributed by atoms with Gasteiger partial charge in [0, 0.05) is 6.07 Å². The highest BCUT2D eigenvalue weighted by Gasteiger charge is 2.18. The monoisotopic (exact) mass is 962 g/mol. The molecule has 72 heavy (non-hydrogen) atoms. The van der Waals surface area contributed by atoms with E-state index in [2.05, 4.69) is 62.4 Å². The second kappa shape index (κ2) is 26.6. The van der Waals surface area contributed by atoms with Crippen LogP contribution in [0.3, 0.4) is 0 Å². The van der Waals surface area contributed by atoms with Gasteiger partial charge >= 0.3 is 23.9 Å². The average molecular weight is 963 g/mol. The Bertz CT molecular complexity index is 2700. The first kappa shape index (κ1) is 52.2. The standard InChI is InChI=1S/C64H66O8/c1-5-7-9-11-13-15-18-47-22-26-49(27-23-47)51-30-34-53(35-31-51)61(65)71-59-40-38-55(42-45(59)3)63(67)69-57-20-17-21-58(44-57)70-64(68)56-39-41-60(46(4)43-56)72-62(66)54-36-32-52(33-37-54)50-28-24-48(25-29-50)19-16-14-12-10-8-6-2/h17,20-44H,5-16,18-19H2,1-4H3. The molecular formula is C64H66O8. The van der Waals surface area contributed by atoms with E-state index in [0.29, 0.717) is 33.8 Å². The summed E-state index contributed by atoms with van der Waals surface area (Å²) in [5.74, 6) is -1.36. The molecule has 370 valence electrons. The molecule has 0 aliphatic heterocycles. The fourth-order valence-electron chi connectivity index (χ4n) is 8.58. The second-order valence-electron chi connectivity index (χ2n) is 18.6. The zero-order valence-corrected chi connectivity index (χ0v) is 42.2. The summed E-state index contributed by atoms with van der Waals surface area (Å²) >= 11 is 0. The van der Waals surface area contributed by atoms with Crippen LogP contribution >= 0.6 is 0 Å². The summed E-state index contributed by atoms with van der Waals surface area (Å²) in [6, 6.07) is 47.5. The smallest absolute Gasteiger partial charge is 0.343 e. The van der Waals surface area contributed by atoms with Gasteiger partial charge in [-0.25, -0.2) is 19.2 Å². The van der Waals surface area contributed by atoms with E-state index in [-0.39, 0.29) is 22.6 Å². The molecule has 0 N–H and O–H groups in total. The van der Waals surface area contributed by atoms with Gasteiger partial charge in [0.1, 0.15) is 23.0 Å². The maximum Gasteiger partial charge on any atom is 0.343 e. The number of aryl methyl sites for hydroxylation is 4. The lowest BCUT2D eigenvalue weighted by Gasteiger charge is -2.11. The van der Waals surface area contributed by atoms with Crippen LogP contribution in [0.1, 0.15) is 155 Å². The second-order valence-corrected chi connectivity index (χ2v) is 18.6. The van der Waals surface area contributed by atoms with Gasteiger partial charge in [-0.2, -0.15) is 0 Å². The Hall–Kier alpha value is -7.58. The number of rotatable bonds is 24. The molecule has 8 heteroatoms. The first-order valence-corrected chi connectivity index (χ1v) is 25.7. The molecule has 0 amide bonds. The predicted molar refractivity (Wildman–Crippen MR) is 287 cm³/mol. The van der Waals surface area contributed by atoms with Crippen molar-refractivity contribution in [1.29, 1.82) is 0 Å². The number of carbonyl (C=O) groups excluding carboxylic acids is 4. The van der Waals surface area contributed by atoms with Crippen LogP contribution in [0.25, 0.3) is 22.3 Å². The Kier molecular flexibility index (Phi) is 19.3. The van der Waals surface area contributed by atoms with Crippen molar-refractivity contribution in [2.24, 2.45) is 0 Å². The molecule has 0 saturated heterocycles. The molecule has 7 aromatic rings. The van der Waals surface area contributed by atoms with Crippen LogP contribution in [0.4, 0.5) is 0 Å². The van der Waals surface area contributed by atoms with E-state index in [9.17, 15) is 19.2 Å². The highest BCUT2D eigenvalue weighted by atomic mass is 16.6. The van der Waals surface area contributed by atoms with E-state index in [0.717, 1.165) is 35.1 Å². The molecule has 0 fully saturated rings. The maximum atomic E-state index is 13.2. The fourth-order valence-corrected chi connectivity index (χ4v) is 8.58. The summed E-state index contributed by atoms with van der Waals surface area (Å²) in [6.07, 6.45) is 17.5. The van der Waals surface area contributed by atoms with Crippen molar-refractivity contribution in [3.63, 3.8) is 0 Å². The van der Waals surface area contributed by atoms with Crippen LogP contribution in [0, 0.1) is 13.8 Å². The van der Waals surface area contributed by atoms with Crippen molar-refractivity contribution in [3.8, 4) is 45.3 Å². The molecule has 0 bridgehead atoms. The number of hydrogen-bond acceptors (Lipinski definition) is 8. The molecule has 7 aromatic carbocycles. The molecule has 0 saturated carbocycles. The average Bonchev–Trinajstić information content (AvgIpc) is 3.40. The van der Waals surface area contributed by atoms with Gasteiger partial charge in [0.25, 0.3) is 0 Å². The highest BCUT2D eigenvalue weighted by Crippen LogP contribution is 2.28. The highest BCUT2D eigenvalue weighted by molar-refractivity contribution is 5.95. The number of ether oxygens (including phenoxy) is 4. The maximum absolute atomic E-state index is 13.2. The third-order valence-electron chi connectivity index (χ3n) is 12.9. The van der Waals surface area contributed by atoms with Crippen molar-refractivity contribution in [3.05, 3.63) is 202 Å². The lowest BCUT2D eigenvalue weighted by atomic mass is 10.00. The molecule has 0 aliphatic rings. The number of carbonyl (C=O) groups is 4. The molecule has 7 rings (SSSR count). The van der Waals surface area contributed by atoms with E-state index >= 15 is 0 Å². The lowest BCUT2D eigenvalue weighted by Crippen LogP contribution is -2.12. The van der Waals surface area contributed by atoms with Crippen LogP contribution in [-0.2, 0) is 12.8 Å². The van der Waals surface area contributed by atoms with Crippen molar-refractivity contribution >= 4 is 23.9 Å². The zero-order valence-electron chi connectivity index (χ0n) is 42.2. The fraction of sp³-hybridized carbons (Fsp3) is 0.281.